The summed E-state index contributed by atoms with van der Waals surface area (Å²) >= 11 is 0. The number of carboxylic acid groups (broad SMARTS) is 1. The summed E-state index contributed by atoms with van der Waals surface area (Å²) in [7, 11) is 0. The summed E-state index contributed by atoms with van der Waals surface area (Å²) in [6.07, 6.45) is 4.12. The molecule has 1 heterocycles. The Morgan fingerprint density at radius 3 is 2.31 bits per heavy atom. The molecule has 0 saturated carbocycles. The first kappa shape index (κ1) is 24.4. The number of anilines is 1. The van der Waals surface area contributed by atoms with Gasteiger partial charge in [0.05, 0.1) is 25.3 Å². The normalized spacial score (nSPS) is 10.9. The molecule has 0 radical (unpaired) electrons. The minimum Gasteiger partial charge on any atom is -0.493 e. The van der Waals surface area contributed by atoms with Gasteiger partial charge in [-0.05, 0) is 65.2 Å². The quantitative estimate of drug-likeness (QED) is 0.149. The van der Waals surface area contributed by atoms with Crippen LogP contribution in [0.15, 0.2) is 101 Å². The summed E-state index contributed by atoms with van der Waals surface area (Å²) in [5, 5.41) is 17.6. The van der Waals surface area contributed by atoms with Crippen LogP contribution in [-0.2, 0) is 11.2 Å². The number of rotatable bonds is 11. The first-order valence-electron chi connectivity index (χ1n) is 11.5. The van der Waals surface area contributed by atoms with E-state index < -0.39 is 5.97 Å². The van der Waals surface area contributed by atoms with Crippen molar-refractivity contribution in [2.24, 2.45) is 10.2 Å². The van der Waals surface area contributed by atoms with Crippen molar-refractivity contribution in [3.8, 4) is 22.6 Å². The van der Waals surface area contributed by atoms with E-state index in [1.807, 2.05) is 42.5 Å². The number of nitrogens with zero attached hydrogens (tertiary/aromatic N) is 3. The fraction of sp³-hybridized carbons (Fsp3) is 0.143. The van der Waals surface area contributed by atoms with E-state index in [-0.39, 0.29) is 6.42 Å². The summed E-state index contributed by atoms with van der Waals surface area (Å²) in [5.41, 5.74) is 10.4. The van der Waals surface area contributed by atoms with E-state index in [2.05, 4.69) is 15.2 Å². The van der Waals surface area contributed by atoms with Gasteiger partial charge in [-0.25, -0.2) is 0 Å². The summed E-state index contributed by atoms with van der Waals surface area (Å²) in [5.74, 6) is 0.422. The number of hydrogen-bond donors (Lipinski definition) is 2. The van der Waals surface area contributed by atoms with E-state index in [0.717, 1.165) is 16.7 Å². The Balaban J connectivity index is 1.40. The average Bonchev–Trinajstić information content (AvgIpc) is 2.89. The number of azo groups is 1. The van der Waals surface area contributed by atoms with Crippen LogP contribution in [0.1, 0.15) is 12.0 Å². The molecule has 0 bridgehead atoms. The fourth-order valence-corrected chi connectivity index (χ4v) is 3.44. The molecule has 3 N–H and O–H groups in total. The van der Waals surface area contributed by atoms with Gasteiger partial charge in [-0.2, -0.15) is 0 Å². The number of nitrogens with two attached hydrogens (primary N) is 1. The van der Waals surface area contributed by atoms with E-state index in [1.54, 1.807) is 48.8 Å². The molecule has 0 unspecified atom stereocenters. The average molecular weight is 483 g/mol. The van der Waals surface area contributed by atoms with Crippen molar-refractivity contribution in [2.75, 3.05) is 18.9 Å². The molecular formula is C28H26N4O4. The van der Waals surface area contributed by atoms with Gasteiger partial charge in [0.2, 0.25) is 0 Å². The molecule has 0 amide bonds. The minimum absolute atomic E-state index is 0.00932. The molecule has 4 aromatic rings. The summed E-state index contributed by atoms with van der Waals surface area (Å²) in [6.45, 7) is 0.868. The smallest absolute Gasteiger partial charge is 0.307 e. The van der Waals surface area contributed by atoms with Gasteiger partial charge < -0.3 is 20.3 Å². The van der Waals surface area contributed by atoms with Gasteiger partial charge >= 0.3 is 5.97 Å². The van der Waals surface area contributed by atoms with E-state index in [4.69, 9.17) is 20.3 Å². The number of benzene rings is 3. The molecule has 0 aliphatic heterocycles. The number of carbonyl (C=O) groups is 1. The maximum atomic E-state index is 10.8. The van der Waals surface area contributed by atoms with Crippen LogP contribution in [0, 0.1) is 0 Å². The van der Waals surface area contributed by atoms with Gasteiger partial charge in [0.25, 0.3) is 0 Å². The SMILES string of the molecule is Nc1ccccc1N=Nc1cc(-c2ccncc2)ccc1OCCCOc1ccc(CC(=O)O)cc1. The van der Waals surface area contributed by atoms with Crippen LogP contribution in [0.2, 0.25) is 0 Å². The maximum absolute atomic E-state index is 10.8. The molecule has 182 valence electrons. The number of nitrogen functional groups attached to an aromatic ring is 1. The summed E-state index contributed by atoms with van der Waals surface area (Å²) in [4.78, 5) is 14.9. The number of pyridine rings is 1. The lowest BCUT2D eigenvalue weighted by molar-refractivity contribution is -0.136. The lowest BCUT2D eigenvalue weighted by Gasteiger charge is -2.11. The minimum atomic E-state index is -0.860. The van der Waals surface area contributed by atoms with Gasteiger partial charge in [0, 0.05) is 18.8 Å². The van der Waals surface area contributed by atoms with E-state index in [0.29, 0.717) is 48.2 Å². The third kappa shape index (κ3) is 6.89. The predicted molar refractivity (Wildman–Crippen MR) is 138 cm³/mol. The van der Waals surface area contributed by atoms with Crippen LogP contribution in [0.4, 0.5) is 17.1 Å². The Kier molecular flexibility index (Phi) is 8.22. The highest BCUT2D eigenvalue weighted by Crippen LogP contribution is 2.35. The molecule has 0 aliphatic rings. The molecule has 36 heavy (non-hydrogen) atoms. The lowest BCUT2D eigenvalue weighted by atomic mass is 10.1. The maximum Gasteiger partial charge on any atom is 0.307 e. The molecule has 0 saturated heterocycles. The van der Waals surface area contributed by atoms with Gasteiger partial charge in [-0.15, -0.1) is 10.2 Å². The molecule has 8 nitrogen and oxygen atoms in total. The van der Waals surface area contributed by atoms with Crippen LogP contribution in [-0.4, -0.2) is 29.3 Å². The zero-order valence-electron chi connectivity index (χ0n) is 19.6. The van der Waals surface area contributed by atoms with Crippen LogP contribution in [0.5, 0.6) is 11.5 Å². The number of ether oxygens (including phenoxy) is 2. The summed E-state index contributed by atoms with van der Waals surface area (Å²) in [6, 6.07) is 23.9. The van der Waals surface area contributed by atoms with Crippen molar-refractivity contribution in [1.29, 1.82) is 0 Å². The molecule has 1 aromatic heterocycles. The van der Waals surface area contributed by atoms with Crippen LogP contribution >= 0.6 is 0 Å². The Labute approximate surface area is 209 Å². The number of hydrogen-bond acceptors (Lipinski definition) is 7. The fourth-order valence-electron chi connectivity index (χ4n) is 3.44. The molecule has 4 rings (SSSR count). The van der Waals surface area contributed by atoms with Gasteiger partial charge in [0.1, 0.15) is 22.9 Å². The van der Waals surface area contributed by atoms with Gasteiger partial charge in [-0.1, -0.05) is 30.3 Å². The number of aromatic nitrogens is 1. The molecular weight excluding hydrogens is 456 g/mol. The highest BCUT2D eigenvalue weighted by molar-refractivity contribution is 5.71. The zero-order valence-corrected chi connectivity index (χ0v) is 19.6. The standard InChI is InChI=1S/C28H26N4O4/c29-24-4-1-2-5-25(24)31-32-26-19-22(21-12-14-30-15-13-21)8-11-27(26)36-17-3-16-35-23-9-6-20(7-10-23)18-28(33)34/h1-2,4-15,19H,3,16-18,29H2,(H,33,34). The molecule has 0 aliphatic carbocycles. The molecule has 0 fully saturated rings. The van der Waals surface area contributed by atoms with E-state index in [9.17, 15) is 4.79 Å². The second kappa shape index (κ2) is 12.1. The molecule has 3 aromatic carbocycles. The highest BCUT2D eigenvalue weighted by Gasteiger charge is 2.08. The van der Waals surface area contributed by atoms with Crippen molar-refractivity contribution in [3.63, 3.8) is 0 Å². The first-order valence-corrected chi connectivity index (χ1v) is 11.5. The Hall–Kier alpha value is -4.72. The zero-order chi connectivity index (χ0) is 25.2. The van der Waals surface area contributed by atoms with E-state index >= 15 is 0 Å². The number of carboxylic acids is 1. The Morgan fingerprint density at radius 2 is 1.56 bits per heavy atom. The third-order valence-electron chi connectivity index (χ3n) is 5.27. The second-order valence-electron chi connectivity index (χ2n) is 7.94. The lowest BCUT2D eigenvalue weighted by Crippen LogP contribution is -2.05. The van der Waals surface area contributed by atoms with E-state index in [1.165, 1.54) is 0 Å². The second-order valence-corrected chi connectivity index (χ2v) is 7.94. The largest absolute Gasteiger partial charge is 0.493 e. The predicted octanol–water partition coefficient (Wildman–Crippen LogP) is 6.22. The van der Waals surface area contributed by atoms with Crippen molar-refractivity contribution in [2.45, 2.75) is 12.8 Å². The van der Waals surface area contributed by atoms with Crippen LogP contribution < -0.4 is 15.2 Å². The molecule has 8 heteroatoms. The van der Waals surface area contributed by atoms with Crippen molar-refractivity contribution in [3.05, 3.63) is 96.8 Å². The van der Waals surface area contributed by atoms with Crippen molar-refractivity contribution < 1.29 is 19.4 Å². The molecule has 0 spiro atoms. The number of para-hydroxylation sites is 1. The monoisotopic (exact) mass is 482 g/mol. The number of aliphatic carboxylic acids is 1. The topological polar surface area (TPSA) is 119 Å². The third-order valence-corrected chi connectivity index (χ3v) is 5.27. The Bertz CT molecular complexity index is 1330. The van der Waals surface area contributed by atoms with Crippen LogP contribution in [0.25, 0.3) is 11.1 Å². The molecule has 0 atom stereocenters. The summed E-state index contributed by atoms with van der Waals surface area (Å²) < 4.78 is 11.7. The van der Waals surface area contributed by atoms with Gasteiger partial charge in [0.15, 0.2) is 0 Å². The van der Waals surface area contributed by atoms with Crippen molar-refractivity contribution in [1.82, 2.24) is 4.98 Å². The van der Waals surface area contributed by atoms with Crippen molar-refractivity contribution >= 4 is 23.0 Å². The highest BCUT2D eigenvalue weighted by atomic mass is 16.5. The van der Waals surface area contributed by atoms with Gasteiger partial charge in [-0.3, -0.25) is 9.78 Å². The van der Waals surface area contributed by atoms with Crippen LogP contribution in [0.3, 0.4) is 0 Å². The first-order chi connectivity index (χ1) is 17.6. The Morgan fingerprint density at radius 1 is 0.833 bits per heavy atom.